The van der Waals surface area contributed by atoms with Gasteiger partial charge in [-0.25, -0.2) is 4.68 Å². The molecule has 2 aromatic heterocycles. The van der Waals surface area contributed by atoms with E-state index in [1.807, 2.05) is 24.3 Å². The zero-order chi connectivity index (χ0) is 16.9. The lowest BCUT2D eigenvalue weighted by Gasteiger charge is -2.06. The number of carbonyl (C=O) groups excluding carboxylic acids is 1. The van der Waals surface area contributed by atoms with Crippen molar-refractivity contribution in [3.63, 3.8) is 0 Å². The maximum Gasteiger partial charge on any atom is 0.246 e. The highest BCUT2D eigenvalue weighted by Gasteiger charge is 2.07. The molecular weight excluding hydrogens is 442 g/mol. The second-order valence-electron chi connectivity index (χ2n) is 4.90. The van der Waals surface area contributed by atoms with Gasteiger partial charge in [-0.3, -0.25) is 9.48 Å². The number of nitrogens with one attached hydrogen (secondary N) is 1. The number of amides is 1. The summed E-state index contributed by atoms with van der Waals surface area (Å²) in [6.07, 6.45) is 6.64. The molecule has 2 heterocycles. The van der Waals surface area contributed by atoms with E-state index in [9.17, 15) is 4.79 Å². The second kappa shape index (κ2) is 7.63. The maximum atomic E-state index is 12.0. The van der Waals surface area contributed by atoms with E-state index in [4.69, 9.17) is 4.74 Å². The monoisotopic (exact) mass is 453 g/mol. The van der Waals surface area contributed by atoms with E-state index >= 15 is 0 Å². The van der Waals surface area contributed by atoms with Crippen molar-refractivity contribution in [3.05, 3.63) is 58.0 Å². The average molecular weight is 455 g/mol. The van der Waals surface area contributed by atoms with Gasteiger partial charge in [0.15, 0.2) is 6.73 Å². The summed E-state index contributed by atoms with van der Waals surface area (Å²) in [6, 6.07) is 7.52. The van der Waals surface area contributed by atoms with Crippen molar-refractivity contribution in [1.29, 1.82) is 0 Å². The van der Waals surface area contributed by atoms with Crippen LogP contribution in [0.3, 0.4) is 0 Å². The van der Waals surface area contributed by atoms with Gasteiger partial charge >= 0.3 is 0 Å². The Morgan fingerprint density at radius 3 is 2.50 bits per heavy atom. The molecule has 1 N–H and O–H groups in total. The molecule has 1 amide bonds. The molecule has 9 heteroatoms. The van der Waals surface area contributed by atoms with Gasteiger partial charge in [-0.1, -0.05) is 15.9 Å². The van der Waals surface area contributed by atoms with Crippen molar-refractivity contribution in [2.75, 3.05) is 5.32 Å². The van der Waals surface area contributed by atoms with Gasteiger partial charge in [0.25, 0.3) is 0 Å². The first-order valence-corrected chi connectivity index (χ1v) is 8.56. The first kappa shape index (κ1) is 16.7. The molecule has 124 valence electrons. The summed E-state index contributed by atoms with van der Waals surface area (Å²) in [5, 5.41) is 11.0. The van der Waals surface area contributed by atoms with Gasteiger partial charge in [0, 0.05) is 10.7 Å². The van der Waals surface area contributed by atoms with Gasteiger partial charge < -0.3 is 10.1 Å². The fraction of sp³-hybridized carbons (Fsp3) is 0.133. The molecule has 0 radical (unpaired) electrons. The average Bonchev–Trinajstić information content (AvgIpc) is 3.16. The molecule has 0 bridgehead atoms. The topological polar surface area (TPSA) is 74.0 Å². The molecule has 0 fully saturated rings. The standard InChI is InChI=1S/C15H13Br2N5O2/c16-11-1-3-14(4-2-11)24-10-22-8-13(6-19-22)20-15(23)9-21-7-12(17)5-18-21/h1-8H,9-10H2,(H,20,23). The zero-order valence-electron chi connectivity index (χ0n) is 12.4. The molecule has 0 aliphatic heterocycles. The highest BCUT2D eigenvalue weighted by molar-refractivity contribution is 9.10. The molecule has 0 unspecified atom stereocenters. The Bertz CT molecular complexity index is 829. The van der Waals surface area contributed by atoms with Crippen LogP contribution in [-0.4, -0.2) is 25.5 Å². The lowest BCUT2D eigenvalue weighted by atomic mass is 10.3. The lowest BCUT2D eigenvalue weighted by Crippen LogP contribution is -2.18. The number of hydrogen-bond donors (Lipinski definition) is 1. The molecule has 7 nitrogen and oxygen atoms in total. The number of aromatic nitrogens is 4. The Kier molecular flexibility index (Phi) is 5.31. The number of hydrogen-bond acceptors (Lipinski definition) is 4. The number of ether oxygens (including phenoxy) is 1. The van der Waals surface area contributed by atoms with E-state index in [2.05, 4.69) is 47.4 Å². The van der Waals surface area contributed by atoms with E-state index < -0.39 is 0 Å². The number of benzene rings is 1. The van der Waals surface area contributed by atoms with Crippen LogP contribution in [0, 0.1) is 0 Å². The predicted octanol–water partition coefficient (Wildman–Crippen LogP) is 3.28. The largest absolute Gasteiger partial charge is 0.471 e. The van der Waals surface area contributed by atoms with Crippen molar-refractivity contribution >= 4 is 43.5 Å². The SMILES string of the molecule is O=C(Cn1cc(Br)cn1)Nc1cnn(COc2ccc(Br)cc2)c1. The van der Waals surface area contributed by atoms with E-state index in [1.54, 1.807) is 34.2 Å². The maximum absolute atomic E-state index is 12.0. The number of rotatable bonds is 6. The summed E-state index contributed by atoms with van der Waals surface area (Å²) in [4.78, 5) is 12.0. The predicted molar refractivity (Wildman–Crippen MR) is 95.6 cm³/mol. The quantitative estimate of drug-likeness (QED) is 0.620. The van der Waals surface area contributed by atoms with E-state index in [0.29, 0.717) is 5.69 Å². The van der Waals surface area contributed by atoms with E-state index in [-0.39, 0.29) is 19.2 Å². The van der Waals surface area contributed by atoms with Crippen molar-refractivity contribution < 1.29 is 9.53 Å². The summed E-state index contributed by atoms with van der Waals surface area (Å²) in [5.74, 6) is 0.558. The number of nitrogens with zero attached hydrogens (tertiary/aromatic N) is 4. The molecule has 3 rings (SSSR count). The van der Waals surface area contributed by atoms with Crippen LogP contribution in [0.2, 0.25) is 0 Å². The lowest BCUT2D eigenvalue weighted by molar-refractivity contribution is -0.116. The zero-order valence-corrected chi connectivity index (χ0v) is 15.6. The first-order chi connectivity index (χ1) is 11.6. The van der Waals surface area contributed by atoms with Crippen LogP contribution >= 0.6 is 31.9 Å². The molecule has 0 saturated heterocycles. The van der Waals surface area contributed by atoms with Crippen molar-refractivity contribution in [2.24, 2.45) is 0 Å². The Hall–Kier alpha value is -2.13. The Morgan fingerprint density at radius 2 is 1.79 bits per heavy atom. The van der Waals surface area contributed by atoms with Gasteiger partial charge in [-0.2, -0.15) is 10.2 Å². The van der Waals surface area contributed by atoms with Crippen LogP contribution in [0.25, 0.3) is 0 Å². The van der Waals surface area contributed by atoms with Crippen LogP contribution in [0.15, 0.2) is 58.0 Å². The minimum absolute atomic E-state index is 0.131. The molecular formula is C15H13Br2N5O2. The fourth-order valence-corrected chi connectivity index (χ4v) is 2.53. The van der Waals surface area contributed by atoms with Crippen molar-refractivity contribution in [3.8, 4) is 5.75 Å². The summed E-state index contributed by atoms with van der Waals surface area (Å²) < 4.78 is 10.6. The highest BCUT2D eigenvalue weighted by atomic mass is 79.9. The second-order valence-corrected chi connectivity index (χ2v) is 6.73. The first-order valence-electron chi connectivity index (χ1n) is 6.97. The molecule has 0 spiro atoms. The molecule has 0 aliphatic carbocycles. The van der Waals surface area contributed by atoms with Crippen LogP contribution in [-0.2, 0) is 18.1 Å². The Balaban J connectivity index is 1.51. The fourth-order valence-electron chi connectivity index (χ4n) is 1.94. The van der Waals surface area contributed by atoms with Gasteiger partial charge in [0.05, 0.1) is 28.8 Å². The van der Waals surface area contributed by atoms with Crippen LogP contribution < -0.4 is 10.1 Å². The van der Waals surface area contributed by atoms with E-state index in [0.717, 1.165) is 14.7 Å². The van der Waals surface area contributed by atoms with E-state index in [1.165, 1.54) is 0 Å². The number of halogens is 2. The van der Waals surface area contributed by atoms with Crippen LogP contribution in [0.4, 0.5) is 5.69 Å². The summed E-state index contributed by atoms with van der Waals surface area (Å²) in [6.45, 7) is 0.385. The molecule has 1 aromatic carbocycles. The number of anilines is 1. The third-order valence-corrected chi connectivity index (χ3v) is 3.94. The van der Waals surface area contributed by atoms with Crippen LogP contribution in [0.1, 0.15) is 0 Å². The van der Waals surface area contributed by atoms with Crippen molar-refractivity contribution in [1.82, 2.24) is 19.6 Å². The molecule has 0 aliphatic rings. The minimum atomic E-state index is -0.182. The Morgan fingerprint density at radius 1 is 1.04 bits per heavy atom. The smallest absolute Gasteiger partial charge is 0.246 e. The summed E-state index contributed by atoms with van der Waals surface area (Å²) in [5.41, 5.74) is 0.602. The van der Waals surface area contributed by atoms with Gasteiger partial charge in [0.2, 0.25) is 5.91 Å². The molecule has 3 aromatic rings. The van der Waals surface area contributed by atoms with Gasteiger partial charge in [0.1, 0.15) is 12.3 Å². The van der Waals surface area contributed by atoms with Crippen LogP contribution in [0.5, 0.6) is 5.75 Å². The van der Waals surface area contributed by atoms with Gasteiger partial charge in [-0.15, -0.1) is 0 Å². The normalized spacial score (nSPS) is 10.6. The molecule has 0 atom stereocenters. The van der Waals surface area contributed by atoms with Gasteiger partial charge in [-0.05, 0) is 40.2 Å². The third kappa shape index (κ3) is 4.68. The minimum Gasteiger partial charge on any atom is -0.471 e. The highest BCUT2D eigenvalue weighted by Crippen LogP contribution is 2.16. The Labute approximate surface area is 154 Å². The number of carbonyl (C=O) groups is 1. The summed E-state index contributed by atoms with van der Waals surface area (Å²) in [7, 11) is 0. The molecule has 24 heavy (non-hydrogen) atoms. The molecule has 0 saturated carbocycles. The third-order valence-electron chi connectivity index (χ3n) is 3.00. The summed E-state index contributed by atoms with van der Waals surface area (Å²) >= 11 is 6.66. The van der Waals surface area contributed by atoms with Crippen molar-refractivity contribution in [2.45, 2.75) is 13.3 Å².